The third-order valence-corrected chi connectivity index (χ3v) is 7.68. The van der Waals surface area contributed by atoms with E-state index in [-0.39, 0.29) is 11.9 Å². The number of rotatable bonds is 3. The van der Waals surface area contributed by atoms with E-state index in [0.717, 1.165) is 81.7 Å². The molecule has 1 amide bonds. The Morgan fingerprint density at radius 3 is 2.88 bits per heavy atom. The van der Waals surface area contributed by atoms with Crippen molar-refractivity contribution < 1.29 is 9.53 Å². The van der Waals surface area contributed by atoms with Crippen molar-refractivity contribution in [2.24, 2.45) is 0 Å². The molecule has 2 bridgehead atoms. The molecule has 172 valence electrons. The number of nitrogens with one attached hydrogen (secondary N) is 2. The van der Waals surface area contributed by atoms with E-state index in [1.54, 1.807) is 11.3 Å². The van der Waals surface area contributed by atoms with Crippen molar-refractivity contribution >= 4 is 17.2 Å². The molecule has 32 heavy (non-hydrogen) atoms. The lowest BCUT2D eigenvalue weighted by Gasteiger charge is -2.31. The number of benzene rings is 1. The van der Waals surface area contributed by atoms with Gasteiger partial charge in [0.25, 0.3) is 0 Å². The third-order valence-electron chi connectivity index (χ3n) is 6.91. The largest absolute Gasteiger partial charge is 0.493 e. The molecule has 5 rings (SSSR count). The zero-order chi connectivity index (χ0) is 21.8. The van der Waals surface area contributed by atoms with Gasteiger partial charge in [0.15, 0.2) is 0 Å². The average Bonchev–Trinajstić information content (AvgIpc) is 3.55. The molecule has 7 heteroatoms. The maximum atomic E-state index is 12.9. The fourth-order valence-corrected chi connectivity index (χ4v) is 5.65. The number of fused-ring (bicyclic) bond motifs is 4. The predicted molar refractivity (Wildman–Crippen MR) is 127 cm³/mol. The van der Waals surface area contributed by atoms with Crippen molar-refractivity contribution in [1.29, 1.82) is 0 Å². The fraction of sp³-hybridized carbons (Fsp3) is 0.600. The molecule has 0 radical (unpaired) electrons. The third kappa shape index (κ3) is 5.50. The number of carbonyl (C=O) groups is 1. The zero-order valence-corrected chi connectivity index (χ0v) is 19.5. The molecule has 0 unspecified atom stereocenters. The first-order chi connectivity index (χ1) is 15.8. The maximum absolute atomic E-state index is 12.9. The summed E-state index contributed by atoms with van der Waals surface area (Å²) in [5.74, 6) is 2.24. The van der Waals surface area contributed by atoms with Crippen LogP contribution in [0.3, 0.4) is 0 Å². The lowest BCUT2D eigenvalue weighted by Crippen LogP contribution is -2.48. The quantitative estimate of drug-likeness (QED) is 0.741. The first-order valence-electron chi connectivity index (χ1n) is 12.1. The van der Waals surface area contributed by atoms with E-state index >= 15 is 0 Å². The molecule has 2 atom stereocenters. The second kappa shape index (κ2) is 10.3. The van der Waals surface area contributed by atoms with Crippen molar-refractivity contribution in [3.8, 4) is 5.75 Å². The normalized spacial score (nSPS) is 25.7. The lowest BCUT2D eigenvalue weighted by molar-refractivity contribution is -0.123. The Morgan fingerprint density at radius 1 is 1.12 bits per heavy atom. The van der Waals surface area contributed by atoms with Crippen molar-refractivity contribution in [3.05, 3.63) is 45.9 Å². The van der Waals surface area contributed by atoms with Gasteiger partial charge in [-0.15, -0.1) is 11.3 Å². The highest BCUT2D eigenvalue weighted by molar-refractivity contribution is 7.09. The second-order valence-electron chi connectivity index (χ2n) is 9.35. The minimum Gasteiger partial charge on any atom is -0.493 e. The van der Waals surface area contributed by atoms with E-state index in [9.17, 15) is 4.79 Å². The molecule has 2 aromatic rings. The highest BCUT2D eigenvalue weighted by Gasteiger charge is 2.31. The van der Waals surface area contributed by atoms with Crippen LogP contribution in [-0.2, 0) is 11.3 Å². The highest BCUT2D eigenvalue weighted by atomic mass is 32.1. The summed E-state index contributed by atoms with van der Waals surface area (Å²) in [6.45, 7) is 5.08. The summed E-state index contributed by atoms with van der Waals surface area (Å²) in [5, 5.41) is 9.79. The van der Waals surface area contributed by atoms with Crippen LogP contribution in [0.4, 0.5) is 0 Å². The highest BCUT2D eigenvalue weighted by Crippen LogP contribution is 2.43. The second-order valence-corrected chi connectivity index (χ2v) is 10.3. The molecular weight excluding hydrogens is 420 g/mol. The minimum absolute atomic E-state index is 0.122. The SMILES string of the molecule is O=C1NCCCN(Cc2nccs2)CCCOc2ccc(C3CC3)cc2[C@@H]2CCN[C@H]1C2. The van der Waals surface area contributed by atoms with Crippen molar-refractivity contribution in [2.75, 3.05) is 32.8 Å². The molecule has 2 N–H and O–H groups in total. The van der Waals surface area contributed by atoms with Crippen molar-refractivity contribution in [1.82, 2.24) is 20.5 Å². The summed E-state index contributed by atoms with van der Waals surface area (Å²) in [5.41, 5.74) is 2.75. The summed E-state index contributed by atoms with van der Waals surface area (Å²) in [6, 6.07) is 6.70. The van der Waals surface area contributed by atoms with E-state index in [0.29, 0.717) is 5.92 Å². The van der Waals surface area contributed by atoms with Crippen LogP contribution in [0.5, 0.6) is 5.75 Å². The molecule has 3 aliphatic rings. The van der Waals surface area contributed by atoms with Gasteiger partial charge in [0.1, 0.15) is 10.8 Å². The standard InChI is InChI=1S/C25H34N4O2S/c30-25-22-16-20(7-9-26-22)21-15-19(18-3-4-18)5-6-23(21)31-13-2-12-29(11-1-8-28-25)17-24-27-10-14-32-24/h5-6,10,14-15,18,20,22,26H,1-4,7-9,11-13,16-17H2,(H,28,30)/t20-,22+/m1/s1. The van der Waals surface area contributed by atoms with Gasteiger partial charge in [-0.1, -0.05) is 12.1 Å². The Labute approximate surface area is 194 Å². The fourth-order valence-electron chi connectivity index (χ4n) is 4.99. The van der Waals surface area contributed by atoms with E-state index in [2.05, 4.69) is 38.7 Å². The van der Waals surface area contributed by atoms with Crippen molar-refractivity contribution in [2.45, 2.75) is 62.9 Å². The molecule has 3 heterocycles. The van der Waals surface area contributed by atoms with Crippen LogP contribution in [-0.4, -0.2) is 54.6 Å². The number of hydrogen-bond donors (Lipinski definition) is 2. The molecule has 2 aliphatic heterocycles. The van der Waals surface area contributed by atoms with E-state index < -0.39 is 0 Å². The Kier molecular flexibility index (Phi) is 7.05. The molecule has 1 aliphatic carbocycles. The van der Waals surface area contributed by atoms with Crippen LogP contribution in [0.15, 0.2) is 29.8 Å². The van der Waals surface area contributed by atoms with E-state index in [4.69, 9.17) is 4.74 Å². The van der Waals surface area contributed by atoms with Gasteiger partial charge in [-0.25, -0.2) is 4.98 Å². The number of ether oxygens (including phenoxy) is 1. The molecular formula is C25H34N4O2S. The molecule has 6 nitrogen and oxygen atoms in total. The molecule has 1 aromatic carbocycles. The average molecular weight is 455 g/mol. The monoisotopic (exact) mass is 454 g/mol. The maximum Gasteiger partial charge on any atom is 0.237 e. The lowest BCUT2D eigenvalue weighted by atomic mass is 9.84. The van der Waals surface area contributed by atoms with Gasteiger partial charge in [-0.2, -0.15) is 0 Å². The molecule has 1 aromatic heterocycles. The Balaban J connectivity index is 1.34. The van der Waals surface area contributed by atoms with Crippen LogP contribution in [0, 0.1) is 0 Å². The molecule has 2 fully saturated rings. The molecule has 0 spiro atoms. The van der Waals surface area contributed by atoms with Gasteiger partial charge in [0.05, 0.1) is 19.2 Å². The number of amides is 1. The Morgan fingerprint density at radius 2 is 2.03 bits per heavy atom. The number of piperidine rings is 1. The van der Waals surface area contributed by atoms with Gasteiger partial charge in [0, 0.05) is 31.2 Å². The number of aromatic nitrogens is 1. The number of carbonyl (C=O) groups excluding carboxylic acids is 1. The van der Waals surface area contributed by atoms with Gasteiger partial charge in [0.2, 0.25) is 5.91 Å². The Hall–Kier alpha value is -1.96. The van der Waals surface area contributed by atoms with E-state index in [1.807, 2.05) is 11.6 Å². The minimum atomic E-state index is -0.122. The van der Waals surface area contributed by atoms with Gasteiger partial charge in [-0.05, 0) is 74.1 Å². The van der Waals surface area contributed by atoms with E-state index in [1.165, 1.54) is 24.0 Å². The summed E-state index contributed by atoms with van der Waals surface area (Å²) >= 11 is 1.70. The summed E-state index contributed by atoms with van der Waals surface area (Å²) < 4.78 is 6.36. The zero-order valence-electron chi connectivity index (χ0n) is 18.7. The Bertz CT molecular complexity index is 899. The van der Waals surface area contributed by atoms with Crippen LogP contribution in [0.1, 0.15) is 66.5 Å². The molecule has 1 saturated heterocycles. The first-order valence-corrected chi connectivity index (χ1v) is 13.0. The summed E-state index contributed by atoms with van der Waals surface area (Å²) in [4.78, 5) is 19.8. The van der Waals surface area contributed by atoms with Crippen LogP contribution >= 0.6 is 11.3 Å². The smallest absolute Gasteiger partial charge is 0.237 e. The predicted octanol–water partition coefficient (Wildman–Crippen LogP) is 3.65. The van der Waals surface area contributed by atoms with Gasteiger partial charge < -0.3 is 15.4 Å². The molecule has 1 saturated carbocycles. The topological polar surface area (TPSA) is 66.5 Å². The number of thiazole rings is 1. The number of nitrogens with zero attached hydrogens (tertiary/aromatic N) is 2. The first kappa shape index (κ1) is 21.9. The van der Waals surface area contributed by atoms with Crippen molar-refractivity contribution in [3.63, 3.8) is 0 Å². The number of hydrogen-bond acceptors (Lipinski definition) is 6. The summed E-state index contributed by atoms with van der Waals surface area (Å²) in [7, 11) is 0. The van der Waals surface area contributed by atoms with Crippen LogP contribution < -0.4 is 15.4 Å². The van der Waals surface area contributed by atoms with Crippen LogP contribution in [0.25, 0.3) is 0 Å². The van der Waals surface area contributed by atoms with Gasteiger partial charge >= 0.3 is 0 Å². The van der Waals surface area contributed by atoms with Gasteiger partial charge in [-0.3, -0.25) is 9.69 Å². The summed E-state index contributed by atoms with van der Waals surface area (Å²) in [6.07, 6.45) is 8.28. The van der Waals surface area contributed by atoms with Crippen LogP contribution in [0.2, 0.25) is 0 Å².